The van der Waals surface area contributed by atoms with Gasteiger partial charge in [0, 0.05) is 44.0 Å². The molecule has 1 heterocycles. The summed E-state index contributed by atoms with van der Waals surface area (Å²) in [5.74, 6) is -0.207. The van der Waals surface area contributed by atoms with Gasteiger partial charge < -0.3 is 9.80 Å². The third-order valence-electron chi connectivity index (χ3n) is 4.29. The van der Waals surface area contributed by atoms with Gasteiger partial charge in [0.25, 0.3) is 5.91 Å². The number of amides is 1. The van der Waals surface area contributed by atoms with Crippen LogP contribution in [0.4, 0.5) is 0 Å². The molecule has 1 aliphatic heterocycles. The van der Waals surface area contributed by atoms with E-state index in [4.69, 9.17) is 0 Å². The summed E-state index contributed by atoms with van der Waals surface area (Å²) in [4.78, 5) is 15.8. The van der Waals surface area contributed by atoms with Crippen LogP contribution in [-0.4, -0.2) is 87.3 Å². The minimum absolute atomic E-state index is 0.175. The number of benzene rings is 1. The Kier molecular flexibility index (Phi) is 5.95. The summed E-state index contributed by atoms with van der Waals surface area (Å²) < 4.78 is 27.5. The zero-order chi connectivity index (χ0) is 18.1. The number of sulfonamides is 1. The number of carbonyl (C=O) groups excluding carboxylic acids is 1. The van der Waals surface area contributed by atoms with Crippen molar-refractivity contribution in [1.82, 2.24) is 14.1 Å². The van der Waals surface area contributed by atoms with Crippen LogP contribution in [0.2, 0.25) is 0 Å². The Hall–Kier alpha value is -1.09. The predicted octanol–water partition coefficient (Wildman–Crippen LogP) is 1.05. The highest BCUT2D eigenvalue weighted by molar-refractivity contribution is 7.99. The first-order chi connectivity index (χ1) is 11.2. The summed E-state index contributed by atoms with van der Waals surface area (Å²) in [5, 5.41) is 0.237. The van der Waals surface area contributed by atoms with Crippen molar-refractivity contribution in [2.75, 3.05) is 47.5 Å². The van der Waals surface area contributed by atoms with E-state index in [1.165, 1.54) is 15.3 Å². The molecule has 8 heteroatoms. The maximum absolute atomic E-state index is 13.0. The summed E-state index contributed by atoms with van der Waals surface area (Å²) >= 11 is 1.69. The summed E-state index contributed by atoms with van der Waals surface area (Å²) in [6, 6.07) is 6.46. The highest BCUT2D eigenvalue weighted by atomic mass is 32.2. The van der Waals surface area contributed by atoms with Crippen molar-refractivity contribution in [2.24, 2.45) is 0 Å². The average molecular weight is 372 g/mol. The van der Waals surface area contributed by atoms with Gasteiger partial charge in [-0.25, -0.2) is 8.42 Å². The van der Waals surface area contributed by atoms with E-state index in [2.05, 4.69) is 4.90 Å². The molecule has 0 bridgehead atoms. The standard InChI is InChI=1S/C16H25N3O3S2/c1-17(2)14-10-19(11-15(14)23-5)24(21,22)13-8-6-7-12(9-13)16(20)18(3)4/h6-9,14-15H,10-11H2,1-5H3/t14-,15+/m1/s1. The normalized spacial score (nSPS) is 22.1. The zero-order valence-electron chi connectivity index (χ0n) is 14.8. The highest BCUT2D eigenvalue weighted by Crippen LogP contribution is 2.29. The lowest BCUT2D eigenvalue weighted by Gasteiger charge is -2.23. The molecule has 0 aliphatic carbocycles. The highest BCUT2D eigenvalue weighted by Gasteiger charge is 2.40. The van der Waals surface area contributed by atoms with Gasteiger partial charge in [0.1, 0.15) is 0 Å². The Morgan fingerprint density at radius 3 is 2.38 bits per heavy atom. The van der Waals surface area contributed by atoms with Crippen molar-refractivity contribution < 1.29 is 13.2 Å². The molecule has 0 N–H and O–H groups in total. The molecule has 6 nitrogen and oxygen atoms in total. The molecule has 0 unspecified atom stereocenters. The Morgan fingerprint density at radius 2 is 1.88 bits per heavy atom. The Bertz CT molecular complexity index is 704. The minimum atomic E-state index is -3.61. The van der Waals surface area contributed by atoms with Gasteiger partial charge in [0.15, 0.2) is 0 Å². The van der Waals surface area contributed by atoms with Gasteiger partial charge in [0.2, 0.25) is 10.0 Å². The van der Waals surface area contributed by atoms with Gasteiger partial charge in [-0.2, -0.15) is 16.1 Å². The van der Waals surface area contributed by atoms with Crippen molar-refractivity contribution >= 4 is 27.7 Å². The van der Waals surface area contributed by atoms with Crippen molar-refractivity contribution in [1.29, 1.82) is 0 Å². The Morgan fingerprint density at radius 1 is 1.21 bits per heavy atom. The molecule has 1 aliphatic rings. The van der Waals surface area contributed by atoms with Gasteiger partial charge in [-0.15, -0.1) is 0 Å². The van der Waals surface area contributed by atoms with E-state index in [1.807, 2.05) is 20.4 Å². The van der Waals surface area contributed by atoms with Crippen molar-refractivity contribution in [3.8, 4) is 0 Å². The number of nitrogens with zero attached hydrogens (tertiary/aromatic N) is 3. The first kappa shape index (κ1) is 19.2. The third-order valence-corrected chi connectivity index (χ3v) is 7.19. The largest absolute Gasteiger partial charge is 0.345 e. The summed E-state index contributed by atoms with van der Waals surface area (Å²) in [6.07, 6.45) is 2.01. The lowest BCUT2D eigenvalue weighted by Crippen LogP contribution is -2.37. The van der Waals surface area contributed by atoms with Crippen LogP contribution in [0, 0.1) is 0 Å². The van der Waals surface area contributed by atoms with E-state index in [0.29, 0.717) is 18.7 Å². The fourth-order valence-corrected chi connectivity index (χ4v) is 5.44. The summed E-state index contributed by atoms with van der Waals surface area (Å²) in [5.41, 5.74) is 0.380. The monoisotopic (exact) mass is 371 g/mol. The van der Waals surface area contributed by atoms with Gasteiger partial charge >= 0.3 is 0 Å². The van der Waals surface area contributed by atoms with E-state index < -0.39 is 10.0 Å². The maximum Gasteiger partial charge on any atom is 0.253 e. The molecule has 0 spiro atoms. The van der Waals surface area contributed by atoms with E-state index in [0.717, 1.165) is 0 Å². The topological polar surface area (TPSA) is 60.9 Å². The second-order valence-corrected chi connectivity index (χ2v) is 9.37. The number of thioether (sulfide) groups is 1. The molecule has 24 heavy (non-hydrogen) atoms. The number of likely N-dealkylation sites (N-methyl/N-ethyl adjacent to an activating group) is 1. The van der Waals surface area contributed by atoms with Crippen molar-refractivity contribution in [3.63, 3.8) is 0 Å². The van der Waals surface area contributed by atoms with Crippen molar-refractivity contribution in [2.45, 2.75) is 16.2 Å². The molecule has 0 saturated carbocycles. The molecular formula is C16H25N3O3S2. The fraction of sp³-hybridized carbons (Fsp3) is 0.562. The van der Waals surface area contributed by atoms with E-state index >= 15 is 0 Å². The van der Waals surface area contributed by atoms with E-state index in [1.54, 1.807) is 44.1 Å². The van der Waals surface area contributed by atoms with Crippen LogP contribution in [0.15, 0.2) is 29.2 Å². The lowest BCUT2D eigenvalue weighted by molar-refractivity contribution is 0.0827. The number of hydrogen-bond donors (Lipinski definition) is 0. The van der Waals surface area contributed by atoms with Crippen LogP contribution in [0.25, 0.3) is 0 Å². The maximum atomic E-state index is 13.0. The molecule has 1 fully saturated rings. The molecule has 0 aromatic heterocycles. The second-order valence-electron chi connectivity index (χ2n) is 6.35. The quantitative estimate of drug-likeness (QED) is 0.774. The molecule has 0 radical (unpaired) electrons. The Balaban J connectivity index is 2.31. The van der Waals surface area contributed by atoms with Crippen LogP contribution >= 0.6 is 11.8 Å². The first-order valence-corrected chi connectivity index (χ1v) is 10.4. The van der Waals surface area contributed by atoms with Crippen LogP contribution < -0.4 is 0 Å². The number of rotatable bonds is 5. The Labute approximate surface area is 148 Å². The molecule has 134 valence electrons. The van der Waals surface area contributed by atoms with Gasteiger partial charge in [0.05, 0.1) is 4.90 Å². The zero-order valence-corrected chi connectivity index (χ0v) is 16.4. The van der Waals surface area contributed by atoms with Crippen LogP contribution in [0.3, 0.4) is 0 Å². The summed E-state index contributed by atoms with van der Waals surface area (Å²) in [6.45, 7) is 0.949. The number of hydrogen-bond acceptors (Lipinski definition) is 5. The third kappa shape index (κ3) is 3.77. The van der Waals surface area contributed by atoms with Crippen LogP contribution in [0.5, 0.6) is 0 Å². The van der Waals surface area contributed by atoms with Crippen LogP contribution in [-0.2, 0) is 10.0 Å². The smallest absolute Gasteiger partial charge is 0.253 e. The molecule has 2 atom stereocenters. The van der Waals surface area contributed by atoms with Gasteiger partial charge in [-0.05, 0) is 38.6 Å². The minimum Gasteiger partial charge on any atom is -0.345 e. The van der Waals surface area contributed by atoms with E-state index in [-0.39, 0.29) is 22.1 Å². The predicted molar refractivity (Wildman–Crippen MR) is 98.0 cm³/mol. The number of carbonyl (C=O) groups is 1. The van der Waals surface area contributed by atoms with Crippen molar-refractivity contribution in [3.05, 3.63) is 29.8 Å². The molecular weight excluding hydrogens is 346 g/mol. The lowest BCUT2D eigenvalue weighted by atomic mass is 10.2. The molecule has 1 amide bonds. The molecule has 1 aromatic carbocycles. The second kappa shape index (κ2) is 7.43. The fourth-order valence-electron chi connectivity index (χ4n) is 2.84. The molecule has 1 saturated heterocycles. The summed E-state index contributed by atoms with van der Waals surface area (Å²) in [7, 11) is 3.63. The average Bonchev–Trinajstić information content (AvgIpc) is 2.99. The van der Waals surface area contributed by atoms with Gasteiger partial charge in [-0.1, -0.05) is 6.07 Å². The molecule has 1 aromatic rings. The SMILES string of the molecule is CS[C@H]1CN(S(=O)(=O)c2cccc(C(=O)N(C)C)c2)C[C@H]1N(C)C. The van der Waals surface area contributed by atoms with Gasteiger partial charge in [-0.3, -0.25) is 4.79 Å². The van der Waals surface area contributed by atoms with E-state index in [9.17, 15) is 13.2 Å². The molecule has 2 rings (SSSR count). The first-order valence-electron chi connectivity index (χ1n) is 7.69. The van der Waals surface area contributed by atoms with Crippen LogP contribution in [0.1, 0.15) is 10.4 Å².